The number of hydrogen-bond acceptors (Lipinski definition) is 4. The molecule has 3 aromatic rings. The van der Waals surface area contributed by atoms with Crippen LogP contribution >= 0.6 is 0 Å². The van der Waals surface area contributed by atoms with Gasteiger partial charge < -0.3 is 21.1 Å². The summed E-state index contributed by atoms with van der Waals surface area (Å²) in [5.41, 5.74) is 1.67. The molecule has 38 heavy (non-hydrogen) atoms. The Balaban J connectivity index is 1.50. The largest absolute Gasteiger partial charge is 0.378 e. The Morgan fingerprint density at radius 1 is 0.921 bits per heavy atom. The fourth-order valence-corrected chi connectivity index (χ4v) is 4.74. The van der Waals surface area contributed by atoms with Gasteiger partial charge in [0.1, 0.15) is 23.7 Å². The van der Waals surface area contributed by atoms with Crippen LogP contribution in [0.4, 0.5) is 8.78 Å². The zero-order valence-electron chi connectivity index (χ0n) is 20.7. The van der Waals surface area contributed by atoms with Crippen LogP contribution in [0.3, 0.4) is 0 Å². The Bertz CT molecular complexity index is 1270. The molecule has 0 spiro atoms. The Kier molecular flexibility index (Phi) is 8.48. The minimum atomic E-state index is -1.89. The van der Waals surface area contributed by atoms with Gasteiger partial charge >= 0.3 is 0 Å². The maximum absolute atomic E-state index is 13.5. The van der Waals surface area contributed by atoms with Gasteiger partial charge in [-0.1, -0.05) is 60.7 Å². The van der Waals surface area contributed by atoms with Crippen molar-refractivity contribution in [3.63, 3.8) is 0 Å². The Hall–Kier alpha value is -4.11. The number of nitrogens with one attached hydrogen (secondary N) is 3. The van der Waals surface area contributed by atoms with Gasteiger partial charge in [-0.15, -0.1) is 0 Å². The van der Waals surface area contributed by atoms with Crippen LogP contribution < -0.4 is 16.0 Å². The fourth-order valence-electron chi connectivity index (χ4n) is 4.74. The van der Waals surface area contributed by atoms with Crippen molar-refractivity contribution in [1.29, 1.82) is 0 Å². The monoisotopic (exact) mass is 521 g/mol. The number of hydrogen-bond donors (Lipinski definition) is 4. The lowest BCUT2D eigenvalue weighted by atomic mass is 9.82. The molecule has 9 heteroatoms. The summed E-state index contributed by atoms with van der Waals surface area (Å²) in [6.45, 7) is 1.80. The molecule has 1 heterocycles. The molecule has 7 nitrogen and oxygen atoms in total. The van der Waals surface area contributed by atoms with E-state index in [4.69, 9.17) is 0 Å². The smallest absolute Gasteiger partial charge is 0.254 e. The van der Waals surface area contributed by atoms with Crippen LogP contribution in [0.1, 0.15) is 48.0 Å². The number of rotatable bonds is 7. The number of aliphatic hydroxyl groups is 1. The van der Waals surface area contributed by atoms with Crippen LogP contribution in [-0.2, 0) is 14.4 Å². The van der Waals surface area contributed by atoms with Crippen molar-refractivity contribution >= 4 is 17.7 Å². The van der Waals surface area contributed by atoms with Gasteiger partial charge in [0, 0.05) is 24.4 Å². The zero-order chi connectivity index (χ0) is 27.2. The Labute approximate surface area is 219 Å². The van der Waals surface area contributed by atoms with E-state index >= 15 is 0 Å². The van der Waals surface area contributed by atoms with Gasteiger partial charge in [0.2, 0.25) is 11.8 Å². The van der Waals surface area contributed by atoms with Crippen molar-refractivity contribution in [2.75, 3.05) is 6.54 Å². The Morgan fingerprint density at radius 2 is 1.50 bits per heavy atom. The molecule has 0 saturated carbocycles. The van der Waals surface area contributed by atoms with Gasteiger partial charge in [-0.25, -0.2) is 8.78 Å². The summed E-state index contributed by atoms with van der Waals surface area (Å²) >= 11 is 0. The van der Waals surface area contributed by atoms with Crippen molar-refractivity contribution in [1.82, 2.24) is 16.0 Å². The van der Waals surface area contributed by atoms with E-state index in [0.717, 1.165) is 23.3 Å². The van der Waals surface area contributed by atoms with Gasteiger partial charge in [-0.2, -0.15) is 0 Å². The molecule has 0 radical (unpaired) electrons. The highest BCUT2D eigenvalue weighted by atomic mass is 19.1. The predicted molar refractivity (Wildman–Crippen MR) is 137 cm³/mol. The molecule has 0 unspecified atom stereocenters. The van der Waals surface area contributed by atoms with Gasteiger partial charge in [0.15, 0.2) is 6.10 Å². The summed E-state index contributed by atoms with van der Waals surface area (Å²) in [4.78, 5) is 38.8. The van der Waals surface area contributed by atoms with E-state index in [1.165, 1.54) is 6.92 Å². The molecule has 1 aliphatic heterocycles. The van der Waals surface area contributed by atoms with Crippen molar-refractivity contribution in [3.8, 4) is 0 Å². The van der Waals surface area contributed by atoms with Crippen molar-refractivity contribution < 1.29 is 28.3 Å². The van der Waals surface area contributed by atoms with Crippen molar-refractivity contribution in [3.05, 3.63) is 107 Å². The van der Waals surface area contributed by atoms with Gasteiger partial charge in [0.05, 0.1) is 0 Å². The Morgan fingerprint density at radius 3 is 2.11 bits per heavy atom. The van der Waals surface area contributed by atoms with Gasteiger partial charge in [-0.05, 0) is 42.2 Å². The molecule has 4 rings (SSSR count). The van der Waals surface area contributed by atoms with E-state index < -0.39 is 41.6 Å². The summed E-state index contributed by atoms with van der Waals surface area (Å²) in [5, 5.41) is 18.3. The highest BCUT2D eigenvalue weighted by Gasteiger charge is 2.37. The van der Waals surface area contributed by atoms with Gasteiger partial charge in [0.25, 0.3) is 5.91 Å². The number of carbonyl (C=O) groups excluding carboxylic acids is 3. The third kappa shape index (κ3) is 6.41. The second kappa shape index (κ2) is 12.0. The van der Waals surface area contributed by atoms with Crippen LogP contribution in [0, 0.1) is 11.6 Å². The first-order valence-corrected chi connectivity index (χ1v) is 12.4. The number of carbonyl (C=O) groups is 3. The molecule has 4 N–H and O–H groups in total. The number of aliphatic hydroxyl groups excluding tert-OH is 1. The zero-order valence-corrected chi connectivity index (χ0v) is 20.7. The third-order valence-corrected chi connectivity index (χ3v) is 6.74. The molecule has 1 saturated heterocycles. The summed E-state index contributed by atoms with van der Waals surface area (Å²) in [5.74, 6) is -4.22. The molecule has 0 bridgehead atoms. The van der Waals surface area contributed by atoms with E-state index in [1.54, 1.807) is 0 Å². The topological polar surface area (TPSA) is 108 Å². The minimum Gasteiger partial charge on any atom is -0.378 e. The first-order valence-electron chi connectivity index (χ1n) is 12.4. The number of halogens is 2. The highest BCUT2D eigenvalue weighted by Crippen LogP contribution is 2.34. The third-order valence-electron chi connectivity index (χ3n) is 6.74. The minimum absolute atomic E-state index is 0.0196. The maximum atomic E-state index is 13.5. The first kappa shape index (κ1) is 26.9. The molecule has 0 aliphatic carbocycles. The van der Waals surface area contributed by atoms with Gasteiger partial charge in [-0.3, -0.25) is 14.4 Å². The lowest BCUT2D eigenvalue weighted by molar-refractivity contribution is -0.135. The summed E-state index contributed by atoms with van der Waals surface area (Å²) in [7, 11) is 0. The molecular weight excluding hydrogens is 492 g/mol. The average molecular weight is 522 g/mol. The molecule has 3 aromatic carbocycles. The summed E-state index contributed by atoms with van der Waals surface area (Å²) < 4.78 is 27.0. The van der Waals surface area contributed by atoms with E-state index in [9.17, 15) is 28.3 Å². The van der Waals surface area contributed by atoms with Crippen molar-refractivity contribution in [2.24, 2.45) is 0 Å². The van der Waals surface area contributed by atoms with Crippen LogP contribution in [0.2, 0.25) is 0 Å². The van der Waals surface area contributed by atoms with Crippen LogP contribution in [-0.4, -0.2) is 41.5 Å². The summed E-state index contributed by atoms with van der Waals surface area (Å²) in [6.07, 6.45) is -1.30. The second-order valence-electron chi connectivity index (χ2n) is 9.43. The molecule has 1 aliphatic rings. The van der Waals surface area contributed by atoms with E-state index in [-0.39, 0.29) is 23.3 Å². The molecule has 198 valence electrons. The van der Waals surface area contributed by atoms with E-state index in [2.05, 4.69) is 16.0 Å². The lowest BCUT2D eigenvalue weighted by Gasteiger charge is -2.28. The fraction of sp³-hybridized carbons (Fsp3) is 0.276. The first-order chi connectivity index (χ1) is 18.2. The molecule has 1 fully saturated rings. The average Bonchev–Trinajstić information content (AvgIpc) is 3.07. The van der Waals surface area contributed by atoms with E-state index in [1.807, 2.05) is 60.7 Å². The lowest BCUT2D eigenvalue weighted by Crippen LogP contribution is -2.54. The highest BCUT2D eigenvalue weighted by molar-refractivity contribution is 5.93. The SMILES string of the molecule is C[C@H](NC(=O)[C@@H](O)c1cc(F)cc(F)c1)C(=O)N[C@@H]1C(=O)NC[C@@H](c2ccccc2)C[C@@H]1c1ccccc1. The predicted octanol–water partition coefficient (Wildman–Crippen LogP) is 3.08. The van der Waals surface area contributed by atoms with Crippen LogP contribution in [0.25, 0.3) is 0 Å². The normalized spacial score (nSPS) is 20.9. The quantitative estimate of drug-likeness (QED) is 0.383. The maximum Gasteiger partial charge on any atom is 0.254 e. The van der Waals surface area contributed by atoms with Crippen molar-refractivity contribution in [2.45, 2.75) is 43.4 Å². The number of benzene rings is 3. The standard InChI is InChI=1S/C29H29F2N3O4/c1-17(33-29(38)26(35)20-12-22(30)15-23(31)13-20)27(36)34-25-24(19-10-6-3-7-11-19)14-21(16-32-28(25)37)18-8-4-2-5-9-18/h2-13,15,17,21,24-26,35H,14,16H2,1H3,(H,32,37)(H,33,38)(H,34,36)/t17-,21-,24+,25-,26-/m0/s1. The summed E-state index contributed by atoms with van der Waals surface area (Å²) in [6, 6.07) is 19.5. The van der Waals surface area contributed by atoms with Crippen LogP contribution in [0.5, 0.6) is 0 Å². The molecule has 5 atom stereocenters. The number of amides is 3. The molecular formula is C29H29F2N3O4. The molecule has 3 amide bonds. The van der Waals surface area contributed by atoms with Crippen LogP contribution in [0.15, 0.2) is 78.9 Å². The second-order valence-corrected chi connectivity index (χ2v) is 9.43. The van der Waals surface area contributed by atoms with E-state index in [0.29, 0.717) is 19.0 Å². The molecule has 0 aromatic heterocycles.